The summed E-state index contributed by atoms with van der Waals surface area (Å²) in [6.07, 6.45) is -3.31. The van der Waals surface area contributed by atoms with Gasteiger partial charge in [-0.15, -0.1) is 10.2 Å². The summed E-state index contributed by atoms with van der Waals surface area (Å²) in [6, 6.07) is 9.20. The molecular formula is C17H9F4N5. The number of halogens is 4. The SMILES string of the molecule is Fc1ccc(-c2nc3cc(-c4nnc[nH]4)ccc3nc2C(F)(F)F)cc1. The number of rotatable bonds is 2. The quantitative estimate of drug-likeness (QED) is 0.544. The molecule has 4 rings (SSSR count). The van der Waals surface area contributed by atoms with Gasteiger partial charge in [-0.25, -0.2) is 14.4 Å². The number of fused-ring (bicyclic) bond motifs is 1. The summed E-state index contributed by atoms with van der Waals surface area (Å²) in [5.74, 6) is -0.0967. The van der Waals surface area contributed by atoms with E-state index < -0.39 is 17.7 Å². The van der Waals surface area contributed by atoms with Crippen molar-refractivity contribution in [2.75, 3.05) is 0 Å². The fourth-order valence-corrected chi connectivity index (χ4v) is 2.55. The molecule has 0 aliphatic heterocycles. The van der Waals surface area contributed by atoms with Crippen LogP contribution in [0.5, 0.6) is 0 Å². The molecule has 0 bridgehead atoms. The Morgan fingerprint density at radius 2 is 1.58 bits per heavy atom. The smallest absolute Gasteiger partial charge is 0.328 e. The van der Waals surface area contributed by atoms with E-state index in [4.69, 9.17) is 0 Å². The van der Waals surface area contributed by atoms with Crippen LogP contribution in [0.2, 0.25) is 0 Å². The Bertz CT molecular complexity index is 1070. The van der Waals surface area contributed by atoms with E-state index in [0.717, 1.165) is 12.1 Å². The van der Waals surface area contributed by atoms with Crippen molar-refractivity contribution in [2.45, 2.75) is 6.18 Å². The average Bonchev–Trinajstić information content (AvgIpc) is 3.15. The van der Waals surface area contributed by atoms with Crippen LogP contribution in [0.15, 0.2) is 48.8 Å². The second-order valence-corrected chi connectivity index (χ2v) is 5.47. The average molecular weight is 359 g/mol. The molecule has 0 amide bonds. The molecule has 2 aromatic heterocycles. The normalized spacial score (nSPS) is 11.8. The van der Waals surface area contributed by atoms with Crippen LogP contribution in [0.3, 0.4) is 0 Å². The predicted octanol–water partition coefficient (Wildman–Crippen LogP) is 4.24. The van der Waals surface area contributed by atoms with Crippen molar-refractivity contribution in [3.8, 4) is 22.6 Å². The Morgan fingerprint density at radius 3 is 2.23 bits per heavy atom. The van der Waals surface area contributed by atoms with Crippen LogP contribution in [0.25, 0.3) is 33.7 Å². The standard InChI is InChI=1S/C17H9F4N5/c18-11-4-1-9(2-5-11)14-15(17(19,20)21)25-12-6-3-10(7-13(12)24-14)16-22-8-23-26-16/h1-8H,(H,22,23,26). The maximum atomic E-state index is 13.4. The van der Waals surface area contributed by atoms with Gasteiger partial charge in [0.25, 0.3) is 0 Å². The van der Waals surface area contributed by atoms with Gasteiger partial charge in [0.2, 0.25) is 0 Å². The number of H-pyrrole nitrogens is 1. The highest BCUT2D eigenvalue weighted by molar-refractivity contribution is 5.82. The molecule has 4 aromatic rings. The Morgan fingerprint density at radius 1 is 0.846 bits per heavy atom. The lowest BCUT2D eigenvalue weighted by atomic mass is 10.1. The molecule has 9 heteroatoms. The maximum absolute atomic E-state index is 13.4. The third-order valence-electron chi connectivity index (χ3n) is 3.74. The molecule has 2 aromatic carbocycles. The third-order valence-corrected chi connectivity index (χ3v) is 3.74. The first-order chi connectivity index (χ1) is 12.4. The number of alkyl halides is 3. The van der Waals surface area contributed by atoms with Gasteiger partial charge in [-0.1, -0.05) is 0 Å². The zero-order valence-corrected chi connectivity index (χ0v) is 12.9. The van der Waals surface area contributed by atoms with Crippen molar-refractivity contribution in [1.82, 2.24) is 25.1 Å². The number of hydrogen-bond acceptors (Lipinski definition) is 4. The van der Waals surface area contributed by atoms with Gasteiger partial charge in [-0.3, -0.25) is 0 Å². The van der Waals surface area contributed by atoms with E-state index >= 15 is 0 Å². The van der Waals surface area contributed by atoms with Crippen LogP contribution < -0.4 is 0 Å². The van der Waals surface area contributed by atoms with E-state index in [9.17, 15) is 17.6 Å². The van der Waals surface area contributed by atoms with Crippen LogP contribution in [0, 0.1) is 5.82 Å². The molecule has 130 valence electrons. The van der Waals surface area contributed by atoms with Gasteiger partial charge in [0.15, 0.2) is 11.5 Å². The van der Waals surface area contributed by atoms with E-state index in [2.05, 4.69) is 25.1 Å². The molecule has 0 aliphatic carbocycles. The van der Waals surface area contributed by atoms with Gasteiger partial charge >= 0.3 is 6.18 Å². The Hall–Kier alpha value is -3.36. The van der Waals surface area contributed by atoms with Gasteiger partial charge in [0.05, 0.1) is 11.0 Å². The van der Waals surface area contributed by atoms with E-state index in [1.165, 1.54) is 24.5 Å². The lowest BCUT2D eigenvalue weighted by molar-refractivity contribution is -0.140. The number of aromatic amines is 1. The molecule has 26 heavy (non-hydrogen) atoms. The van der Waals surface area contributed by atoms with Crippen molar-refractivity contribution < 1.29 is 17.6 Å². The molecule has 1 N–H and O–H groups in total. The first kappa shape index (κ1) is 16.1. The van der Waals surface area contributed by atoms with Gasteiger partial charge in [0, 0.05) is 11.1 Å². The topological polar surface area (TPSA) is 67.3 Å². The Balaban J connectivity index is 1.95. The molecular weight excluding hydrogens is 350 g/mol. The number of hydrogen-bond donors (Lipinski definition) is 1. The van der Waals surface area contributed by atoms with Gasteiger partial charge < -0.3 is 4.98 Å². The first-order valence-electron chi connectivity index (χ1n) is 7.43. The second kappa shape index (κ2) is 5.87. The zero-order chi connectivity index (χ0) is 18.3. The molecule has 0 unspecified atom stereocenters. The molecule has 0 saturated carbocycles. The summed E-state index contributed by atoms with van der Waals surface area (Å²) in [6.45, 7) is 0. The minimum absolute atomic E-state index is 0.0893. The van der Waals surface area contributed by atoms with Gasteiger partial charge in [-0.2, -0.15) is 13.2 Å². The van der Waals surface area contributed by atoms with Crippen LogP contribution in [-0.2, 0) is 6.18 Å². The highest BCUT2D eigenvalue weighted by Crippen LogP contribution is 2.36. The number of aromatic nitrogens is 5. The van der Waals surface area contributed by atoms with E-state index in [-0.39, 0.29) is 22.3 Å². The minimum Gasteiger partial charge on any atom is -0.328 e. The van der Waals surface area contributed by atoms with E-state index in [0.29, 0.717) is 11.4 Å². The van der Waals surface area contributed by atoms with Crippen LogP contribution >= 0.6 is 0 Å². The summed E-state index contributed by atoms with van der Waals surface area (Å²) in [4.78, 5) is 10.7. The summed E-state index contributed by atoms with van der Waals surface area (Å²) < 4.78 is 53.5. The summed E-state index contributed by atoms with van der Waals surface area (Å²) in [5.41, 5.74) is -0.409. The van der Waals surface area contributed by atoms with Crippen molar-refractivity contribution in [3.63, 3.8) is 0 Å². The number of benzene rings is 2. The fourth-order valence-electron chi connectivity index (χ4n) is 2.55. The molecule has 0 radical (unpaired) electrons. The monoisotopic (exact) mass is 359 g/mol. The van der Waals surface area contributed by atoms with Gasteiger partial charge in [-0.05, 0) is 42.5 Å². The van der Waals surface area contributed by atoms with Crippen molar-refractivity contribution >= 4 is 11.0 Å². The number of nitrogens with one attached hydrogen (secondary N) is 1. The minimum atomic E-state index is -4.70. The van der Waals surface area contributed by atoms with Crippen molar-refractivity contribution in [3.05, 3.63) is 60.3 Å². The first-order valence-corrected chi connectivity index (χ1v) is 7.43. The van der Waals surface area contributed by atoms with Crippen LogP contribution in [0.1, 0.15) is 5.69 Å². The van der Waals surface area contributed by atoms with E-state index in [1.807, 2.05) is 0 Å². The van der Waals surface area contributed by atoms with E-state index in [1.54, 1.807) is 12.1 Å². The molecule has 2 heterocycles. The predicted molar refractivity (Wildman–Crippen MR) is 85.3 cm³/mol. The third kappa shape index (κ3) is 2.87. The van der Waals surface area contributed by atoms with Crippen molar-refractivity contribution in [1.29, 1.82) is 0 Å². The molecule has 0 saturated heterocycles. The van der Waals surface area contributed by atoms with Gasteiger partial charge in [0.1, 0.15) is 17.8 Å². The lowest BCUT2D eigenvalue weighted by Crippen LogP contribution is -2.12. The Kier molecular flexibility index (Phi) is 3.64. The summed E-state index contributed by atoms with van der Waals surface area (Å²) in [7, 11) is 0. The molecule has 0 aliphatic rings. The molecule has 0 spiro atoms. The zero-order valence-electron chi connectivity index (χ0n) is 12.9. The molecule has 5 nitrogen and oxygen atoms in total. The Labute approximate surface area is 143 Å². The van der Waals surface area contributed by atoms with Crippen LogP contribution in [0.4, 0.5) is 17.6 Å². The van der Waals surface area contributed by atoms with Crippen molar-refractivity contribution in [2.24, 2.45) is 0 Å². The highest BCUT2D eigenvalue weighted by atomic mass is 19.4. The fraction of sp³-hybridized carbons (Fsp3) is 0.0588. The molecule has 0 fully saturated rings. The summed E-state index contributed by atoms with van der Waals surface area (Å²) in [5, 5.41) is 7.54. The number of nitrogens with zero attached hydrogens (tertiary/aromatic N) is 4. The highest BCUT2D eigenvalue weighted by Gasteiger charge is 2.37. The summed E-state index contributed by atoms with van der Waals surface area (Å²) >= 11 is 0. The maximum Gasteiger partial charge on any atom is 0.435 e. The largest absolute Gasteiger partial charge is 0.435 e. The molecule has 0 atom stereocenters. The second-order valence-electron chi connectivity index (χ2n) is 5.47. The van der Waals surface area contributed by atoms with Crippen LogP contribution in [-0.4, -0.2) is 25.1 Å². The lowest BCUT2D eigenvalue weighted by Gasteiger charge is -2.13.